The van der Waals surface area contributed by atoms with Crippen LogP contribution in [-0.4, -0.2) is 25.8 Å². The molecule has 3 N–H and O–H groups in total. The summed E-state index contributed by atoms with van der Waals surface area (Å²) in [6.45, 7) is 6.18. The lowest BCUT2D eigenvalue weighted by molar-refractivity contribution is -0.0172. The molecular weight excluding hydrogens is 285 g/mol. The van der Waals surface area contributed by atoms with Crippen molar-refractivity contribution in [1.82, 2.24) is 5.32 Å². The van der Waals surface area contributed by atoms with E-state index in [1.54, 1.807) is 0 Å². The molecule has 2 rings (SSSR count). The topological polar surface area (TPSA) is 68.9 Å². The molecule has 0 radical (unpaired) electrons. The first-order chi connectivity index (χ1) is 10.6. The Bertz CT molecular complexity index is 532. The first-order valence-corrected chi connectivity index (χ1v) is 7.62. The minimum absolute atomic E-state index is 0.206. The van der Waals surface area contributed by atoms with Gasteiger partial charge in [-0.15, -0.1) is 0 Å². The van der Waals surface area contributed by atoms with E-state index in [0.29, 0.717) is 38.0 Å². The van der Waals surface area contributed by atoms with Crippen LogP contribution in [-0.2, 0) is 17.8 Å². The number of hydrogen-bond donors (Lipinski definition) is 2. The highest BCUT2D eigenvalue weighted by atomic mass is 19.1. The average Bonchev–Trinajstić information content (AvgIpc) is 2.46. The molecule has 0 aromatic heterocycles. The Balaban J connectivity index is 1.88. The van der Waals surface area contributed by atoms with E-state index in [0.717, 1.165) is 23.3 Å². The molecule has 0 amide bonds. The van der Waals surface area contributed by atoms with Gasteiger partial charge in [0.25, 0.3) is 0 Å². The highest BCUT2D eigenvalue weighted by Crippen LogP contribution is 2.29. The molecule has 5 nitrogen and oxygen atoms in total. The second-order valence-electron chi connectivity index (χ2n) is 5.79. The lowest BCUT2D eigenvalue weighted by Gasteiger charge is -2.21. The minimum atomic E-state index is -0.276. The van der Waals surface area contributed by atoms with Crippen LogP contribution in [0.3, 0.4) is 0 Å². The molecule has 6 heteroatoms. The minimum Gasteiger partial charge on any atom is -0.467 e. The summed E-state index contributed by atoms with van der Waals surface area (Å²) < 4.78 is 24.3. The number of fused-ring (bicyclic) bond motifs is 1. The van der Waals surface area contributed by atoms with Crippen molar-refractivity contribution in [3.05, 3.63) is 29.1 Å². The highest BCUT2D eigenvalue weighted by Gasteiger charge is 2.16. The van der Waals surface area contributed by atoms with Crippen LogP contribution in [0.15, 0.2) is 17.1 Å². The van der Waals surface area contributed by atoms with Crippen LogP contribution in [0.5, 0.6) is 5.75 Å². The molecule has 0 bridgehead atoms. The first-order valence-electron chi connectivity index (χ1n) is 7.62. The van der Waals surface area contributed by atoms with Crippen LogP contribution in [0.1, 0.15) is 31.4 Å². The fraction of sp³-hybridized carbons (Fsp3) is 0.562. The number of guanidine groups is 1. The summed E-state index contributed by atoms with van der Waals surface area (Å²) in [6.07, 6.45) is 1.62. The largest absolute Gasteiger partial charge is 0.467 e. The van der Waals surface area contributed by atoms with Crippen molar-refractivity contribution in [3.63, 3.8) is 0 Å². The first kappa shape index (κ1) is 16.5. The van der Waals surface area contributed by atoms with E-state index in [4.69, 9.17) is 15.2 Å². The third-order valence-electron chi connectivity index (χ3n) is 3.44. The Morgan fingerprint density at radius 1 is 1.45 bits per heavy atom. The van der Waals surface area contributed by atoms with Gasteiger partial charge in [0.05, 0.1) is 6.61 Å². The van der Waals surface area contributed by atoms with Crippen molar-refractivity contribution < 1.29 is 13.9 Å². The summed E-state index contributed by atoms with van der Waals surface area (Å²) in [5.41, 5.74) is 7.38. The molecule has 1 aromatic carbocycles. The fourth-order valence-electron chi connectivity index (χ4n) is 2.27. The number of halogens is 1. The van der Waals surface area contributed by atoms with Crippen molar-refractivity contribution >= 4 is 5.96 Å². The summed E-state index contributed by atoms with van der Waals surface area (Å²) >= 11 is 0. The molecular formula is C16H24FN3O2. The van der Waals surface area contributed by atoms with E-state index in [1.165, 1.54) is 12.1 Å². The van der Waals surface area contributed by atoms with Gasteiger partial charge >= 0.3 is 0 Å². The van der Waals surface area contributed by atoms with Crippen molar-refractivity contribution in [2.45, 2.75) is 33.3 Å². The maximum absolute atomic E-state index is 13.6. The van der Waals surface area contributed by atoms with Gasteiger partial charge in [-0.1, -0.05) is 13.8 Å². The van der Waals surface area contributed by atoms with Gasteiger partial charge in [-0.25, -0.2) is 4.39 Å². The fourth-order valence-corrected chi connectivity index (χ4v) is 2.27. The maximum Gasteiger partial charge on any atom is 0.189 e. The Kier molecular flexibility index (Phi) is 6.00. The third-order valence-corrected chi connectivity index (χ3v) is 3.44. The maximum atomic E-state index is 13.6. The van der Waals surface area contributed by atoms with E-state index < -0.39 is 0 Å². The Morgan fingerprint density at radius 3 is 3.05 bits per heavy atom. The zero-order valence-corrected chi connectivity index (χ0v) is 13.2. The lowest BCUT2D eigenvalue weighted by atomic mass is 10.1. The normalized spacial score (nSPS) is 14.6. The molecule has 1 aliphatic heterocycles. The average molecular weight is 309 g/mol. The van der Waals surface area contributed by atoms with Crippen molar-refractivity contribution in [3.8, 4) is 5.75 Å². The molecule has 1 aromatic rings. The quantitative estimate of drug-likeness (QED) is 0.624. The van der Waals surface area contributed by atoms with Crippen molar-refractivity contribution in [2.24, 2.45) is 16.6 Å². The van der Waals surface area contributed by atoms with Crippen LogP contribution in [0.25, 0.3) is 0 Å². The second-order valence-corrected chi connectivity index (χ2v) is 5.79. The Hall–Kier alpha value is -1.82. The van der Waals surface area contributed by atoms with Crippen LogP contribution in [0.2, 0.25) is 0 Å². The van der Waals surface area contributed by atoms with E-state index in [1.807, 2.05) is 0 Å². The number of benzene rings is 1. The molecule has 0 saturated heterocycles. The summed E-state index contributed by atoms with van der Waals surface area (Å²) in [6, 6.07) is 2.95. The molecule has 0 atom stereocenters. The summed E-state index contributed by atoms with van der Waals surface area (Å²) in [4.78, 5) is 4.26. The molecule has 0 fully saturated rings. The SMILES string of the molecule is CC(C)CCN=C(N)NCCc1cc(F)cc2c1OCOC2. The second kappa shape index (κ2) is 7.98. The molecule has 0 saturated carbocycles. The van der Waals surface area contributed by atoms with E-state index in [2.05, 4.69) is 24.2 Å². The van der Waals surface area contributed by atoms with Gasteiger partial charge in [0, 0.05) is 18.7 Å². The number of hydrogen-bond acceptors (Lipinski definition) is 3. The van der Waals surface area contributed by atoms with Crippen LogP contribution < -0.4 is 15.8 Å². The number of ether oxygens (including phenoxy) is 2. The molecule has 22 heavy (non-hydrogen) atoms. The summed E-state index contributed by atoms with van der Waals surface area (Å²) in [5, 5.41) is 3.05. The van der Waals surface area contributed by atoms with Crippen molar-refractivity contribution in [2.75, 3.05) is 19.9 Å². The molecule has 0 unspecified atom stereocenters. The summed E-state index contributed by atoms with van der Waals surface area (Å²) in [7, 11) is 0. The highest BCUT2D eigenvalue weighted by molar-refractivity contribution is 5.77. The van der Waals surface area contributed by atoms with Gasteiger partial charge < -0.3 is 20.5 Å². The van der Waals surface area contributed by atoms with Crippen molar-refractivity contribution in [1.29, 1.82) is 0 Å². The predicted molar refractivity (Wildman–Crippen MR) is 84.3 cm³/mol. The Morgan fingerprint density at radius 2 is 2.27 bits per heavy atom. The molecule has 0 spiro atoms. The van der Waals surface area contributed by atoms with Gasteiger partial charge in [-0.05, 0) is 36.5 Å². The number of nitrogens with zero attached hydrogens (tertiary/aromatic N) is 1. The zero-order valence-electron chi connectivity index (χ0n) is 13.2. The van der Waals surface area contributed by atoms with E-state index >= 15 is 0 Å². The van der Waals surface area contributed by atoms with Gasteiger partial charge in [0.15, 0.2) is 12.8 Å². The summed E-state index contributed by atoms with van der Waals surface area (Å²) in [5.74, 6) is 1.48. The Labute approximate surface area is 130 Å². The zero-order chi connectivity index (χ0) is 15.9. The monoisotopic (exact) mass is 309 g/mol. The number of nitrogens with one attached hydrogen (secondary N) is 1. The molecule has 122 valence electrons. The van der Waals surface area contributed by atoms with Gasteiger partial charge in [0.1, 0.15) is 11.6 Å². The van der Waals surface area contributed by atoms with Crippen LogP contribution in [0.4, 0.5) is 4.39 Å². The molecule has 0 aliphatic carbocycles. The molecule has 1 heterocycles. The predicted octanol–water partition coefficient (Wildman–Crippen LogP) is 2.19. The van der Waals surface area contributed by atoms with E-state index in [-0.39, 0.29) is 12.6 Å². The number of nitrogens with two attached hydrogens (primary N) is 1. The standard InChI is InChI=1S/C16H24FN3O2/c1-11(2)3-5-19-16(18)20-6-4-12-7-14(17)8-13-9-21-10-22-15(12)13/h7-8,11H,3-6,9-10H2,1-2H3,(H3,18,19,20). The van der Waals surface area contributed by atoms with Gasteiger partial charge in [-0.3, -0.25) is 4.99 Å². The van der Waals surface area contributed by atoms with Gasteiger partial charge in [0.2, 0.25) is 0 Å². The third kappa shape index (κ3) is 4.87. The lowest BCUT2D eigenvalue weighted by Crippen LogP contribution is -2.33. The van der Waals surface area contributed by atoms with Gasteiger partial charge in [-0.2, -0.15) is 0 Å². The number of aliphatic imine (C=N–C) groups is 1. The molecule has 1 aliphatic rings. The number of rotatable bonds is 6. The van der Waals surface area contributed by atoms with Crippen LogP contribution in [0, 0.1) is 11.7 Å². The smallest absolute Gasteiger partial charge is 0.189 e. The van der Waals surface area contributed by atoms with Crippen LogP contribution >= 0.6 is 0 Å². The van der Waals surface area contributed by atoms with E-state index in [9.17, 15) is 4.39 Å².